The van der Waals surface area contributed by atoms with Crippen LogP contribution in [0.5, 0.6) is 0 Å². The van der Waals surface area contributed by atoms with Gasteiger partial charge in [0.1, 0.15) is 0 Å². The maximum absolute atomic E-state index is 6.57. The maximum atomic E-state index is 6.57. The number of anilines is 3. The summed E-state index contributed by atoms with van der Waals surface area (Å²) >= 11 is 13.1. The molecule has 2 aromatic heterocycles. The van der Waals surface area contributed by atoms with E-state index in [0.29, 0.717) is 10.0 Å². The third kappa shape index (κ3) is 4.05. The molecule has 0 amide bonds. The van der Waals surface area contributed by atoms with Crippen LogP contribution >= 0.6 is 23.2 Å². The van der Waals surface area contributed by atoms with Crippen LogP contribution in [0.25, 0.3) is 21.8 Å². The van der Waals surface area contributed by atoms with Crippen molar-refractivity contribution in [3.8, 4) is 0 Å². The number of pyridine rings is 1. The normalized spacial score (nSPS) is 11.2. The van der Waals surface area contributed by atoms with Crippen molar-refractivity contribution in [2.24, 2.45) is 0 Å². The monoisotopic (exact) mass is 446 g/mol. The van der Waals surface area contributed by atoms with Crippen LogP contribution in [-0.4, -0.2) is 16.5 Å². The molecule has 0 bridgehead atoms. The van der Waals surface area contributed by atoms with Crippen LogP contribution in [0.2, 0.25) is 10.0 Å². The molecule has 3 N–H and O–H groups in total. The summed E-state index contributed by atoms with van der Waals surface area (Å²) in [6, 6.07) is 22.0. The van der Waals surface area contributed by atoms with Crippen molar-refractivity contribution >= 4 is 62.1 Å². The molecule has 31 heavy (non-hydrogen) atoms. The first-order valence-electron chi connectivity index (χ1n) is 10.1. The lowest BCUT2D eigenvalue weighted by Gasteiger charge is -2.14. The molecule has 0 unspecified atom stereocenters. The fourth-order valence-electron chi connectivity index (χ4n) is 3.84. The molecular formula is C25H20Cl2N4. The first kappa shape index (κ1) is 19.7. The Morgan fingerprint density at radius 1 is 0.871 bits per heavy atom. The number of hydrogen-bond donors (Lipinski definition) is 3. The molecule has 0 aliphatic heterocycles. The van der Waals surface area contributed by atoms with Crippen LogP contribution in [0.3, 0.4) is 0 Å². The second kappa shape index (κ2) is 8.50. The minimum absolute atomic E-state index is 0.576. The predicted molar refractivity (Wildman–Crippen MR) is 132 cm³/mol. The predicted octanol–water partition coefficient (Wildman–Crippen LogP) is 7.42. The van der Waals surface area contributed by atoms with E-state index in [1.54, 1.807) is 6.20 Å². The maximum Gasteiger partial charge on any atom is 0.0722 e. The molecule has 0 aliphatic rings. The Balaban J connectivity index is 1.32. The van der Waals surface area contributed by atoms with Gasteiger partial charge >= 0.3 is 0 Å². The average molecular weight is 447 g/mol. The lowest BCUT2D eigenvalue weighted by molar-refractivity contribution is 1.03. The summed E-state index contributed by atoms with van der Waals surface area (Å²) in [5, 5.41) is 10.2. The SMILES string of the molecule is Clc1cc(Nc2ccnc3ccccc23)cc(Cl)c1NCCc1c[nH]c2ccccc12. The zero-order chi connectivity index (χ0) is 21.2. The molecule has 0 saturated carbocycles. The Morgan fingerprint density at radius 2 is 1.61 bits per heavy atom. The van der Waals surface area contributed by atoms with Gasteiger partial charge in [0.05, 0.1) is 21.2 Å². The van der Waals surface area contributed by atoms with E-state index in [1.807, 2.05) is 48.5 Å². The molecule has 5 rings (SSSR count). The number of benzene rings is 3. The van der Waals surface area contributed by atoms with E-state index in [9.17, 15) is 0 Å². The van der Waals surface area contributed by atoms with E-state index >= 15 is 0 Å². The van der Waals surface area contributed by atoms with Gasteiger partial charge in [-0.1, -0.05) is 59.6 Å². The van der Waals surface area contributed by atoms with Crippen molar-refractivity contribution in [3.05, 3.63) is 94.7 Å². The van der Waals surface area contributed by atoms with Crippen molar-refractivity contribution in [3.63, 3.8) is 0 Å². The highest BCUT2D eigenvalue weighted by molar-refractivity contribution is 6.39. The van der Waals surface area contributed by atoms with Crippen LogP contribution in [0.1, 0.15) is 5.56 Å². The molecule has 4 nitrogen and oxygen atoms in total. The lowest BCUT2D eigenvalue weighted by atomic mass is 10.1. The lowest BCUT2D eigenvalue weighted by Crippen LogP contribution is -2.06. The highest BCUT2D eigenvalue weighted by atomic mass is 35.5. The Bertz CT molecular complexity index is 1350. The van der Waals surface area contributed by atoms with Crippen molar-refractivity contribution in [2.75, 3.05) is 17.2 Å². The molecule has 0 atom stereocenters. The van der Waals surface area contributed by atoms with Gasteiger partial charge in [-0.3, -0.25) is 4.98 Å². The summed E-state index contributed by atoms with van der Waals surface area (Å²) in [6.07, 6.45) is 4.70. The van der Waals surface area contributed by atoms with E-state index in [0.717, 1.165) is 46.4 Å². The number of rotatable bonds is 6. The number of hydrogen-bond acceptors (Lipinski definition) is 3. The van der Waals surface area contributed by atoms with E-state index in [-0.39, 0.29) is 0 Å². The number of nitrogens with one attached hydrogen (secondary N) is 3. The van der Waals surface area contributed by atoms with Crippen molar-refractivity contribution < 1.29 is 0 Å². The summed E-state index contributed by atoms with van der Waals surface area (Å²) in [5.41, 5.74) is 5.87. The molecule has 0 radical (unpaired) electrons. The number of aromatic amines is 1. The van der Waals surface area contributed by atoms with E-state index in [1.165, 1.54) is 10.9 Å². The Kier molecular flexibility index (Phi) is 5.41. The molecular weight excluding hydrogens is 427 g/mol. The van der Waals surface area contributed by atoms with Crippen LogP contribution in [0, 0.1) is 0 Å². The average Bonchev–Trinajstić information content (AvgIpc) is 3.19. The number of halogens is 2. The van der Waals surface area contributed by atoms with Crippen LogP contribution in [-0.2, 0) is 6.42 Å². The highest BCUT2D eigenvalue weighted by Gasteiger charge is 2.10. The Hall–Kier alpha value is -3.21. The largest absolute Gasteiger partial charge is 0.382 e. The first-order valence-corrected chi connectivity index (χ1v) is 10.8. The molecule has 6 heteroatoms. The third-order valence-corrected chi connectivity index (χ3v) is 5.94. The zero-order valence-corrected chi connectivity index (χ0v) is 18.1. The van der Waals surface area contributed by atoms with Gasteiger partial charge in [0, 0.05) is 46.6 Å². The molecule has 154 valence electrons. The summed E-state index contributed by atoms with van der Waals surface area (Å²) in [7, 11) is 0. The van der Waals surface area contributed by atoms with Gasteiger partial charge in [-0.15, -0.1) is 0 Å². The number of fused-ring (bicyclic) bond motifs is 2. The molecule has 0 saturated heterocycles. The minimum Gasteiger partial charge on any atom is -0.382 e. The molecule has 0 spiro atoms. The van der Waals surface area contributed by atoms with Gasteiger partial charge < -0.3 is 15.6 Å². The van der Waals surface area contributed by atoms with E-state index in [4.69, 9.17) is 23.2 Å². The van der Waals surface area contributed by atoms with Crippen LogP contribution in [0.15, 0.2) is 79.1 Å². The van der Waals surface area contributed by atoms with E-state index < -0.39 is 0 Å². The molecule has 3 aromatic carbocycles. The second-order valence-corrected chi connectivity index (χ2v) is 8.17. The van der Waals surface area contributed by atoms with Crippen LogP contribution < -0.4 is 10.6 Å². The smallest absolute Gasteiger partial charge is 0.0722 e. The van der Waals surface area contributed by atoms with Crippen molar-refractivity contribution in [1.29, 1.82) is 0 Å². The zero-order valence-electron chi connectivity index (χ0n) is 16.6. The Labute approximate surface area is 190 Å². The van der Waals surface area contributed by atoms with Gasteiger partial charge in [-0.2, -0.15) is 0 Å². The summed E-state index contributed by atoms with van der Waals surface area (Å²) in [6.45, 7) is 0.725. The fourth-order valence-corrected chi connectivity index (χ4v) is 4.46. The number of para-hydroxylation sites is 2. The van der Waals surface area contributed by atoms with E-state index in [2.05, 4.69) is 45.0 Å². The number of nitrogens with zero attached hydrogens (tertiary/aromatic N) is 1. The second-order valence-electron chi connectivity index (χ2n) is 7.35. The van der Waals surface area contributed by atoms with Gasteiger partial charge in [0.15, 0.2) is 0 Å². The van der Waals surface area contributed by atoms with Gasteiger partial charge in [0.2, 0.25) is 0 Å². The number of aromatic nitrogens is 2. The molecule has 0 aliphatic carbocycles. The van der Waals surface area contributed by atoms with Crippen molar-refractivity contribution in [2.45, 2.75) is 6.42 Å². The van der Waals surface area contributed by atoms with Gasteiger partial charge in [0.25, 0.3) is 0 Å². The number of H-pyrrole nitrogens is 1. The summed E-state index contributed by atoms with van der Waals surface area (Å²) < 4.78 is 0. The molecule has 2 heterocycles. The first-order chi connectivity index (χ1) is 15.2. The van der Waals surface area contributed by atoms with Crippen molar-refractivity contribution in [1.82, 2.24) is 9.97 Å². The molecule has 0 fully saturated rings. The summed E-state index contributed by atoms with van der Waals surface area (Å²) in [4.78, 5) is 7.71. The quantitative estimate of drug-likeness (QED) is 0.254. The minimum atomic E-state index is 0.576. The highest BCUT2D eigenvalue weighted by Crippen LogP contribution is 2.36. The van der Waals surface area contributed by atoms with Gasteiger partial charge in [-0.25, -0.2) is 0 Å². The fraction of sp³-hybridized carbons (Fsp3) is 0.0800. The van der Waals surface area contributed by atoms with Gasteiger partial charge in [-0.05, 0) is 42.3 Å². The molecule has 5 aromatic rings. The standard InChI is InChI=1S/C25H20Cl2N4/c26-20-13-17(31-24-10-12-28-23-8-4-2-6-19(23)24)14-21(27)25(20)29-11-9-16-15-30-22-7-3-1-5-18(16)22/h1-8,10,12-15,29-30H,9,11H2,(H,28,31). The topological polar surface area (TPSA) is 52.7 Å². The third-order valence-electron chi connectivity index (χ3n) is 5.34. The Morgan fingerprint density at radius 3 is 2.45 bits per heavy atom. The van der Waals surface area contributed by atoms with Crippen LogP contribution in [0.4, 0.5) is 17.1 Å². The summed E-state index contributed by atoms with van der Waals surface area (Å²) in [5.74, 6) is 0.